The number of benzene rings is 3. The monoisotopic (exact) mass is 398 g/mol. The quantitative estimate of drug-likeness (QED) is 0.493. The van der Waals surface area contributed by atoms with E-state index in [2.05, 4.69) is 5.32 Å². The van der Waals surface area contributed by atoms with Crippen molar-refractivity contribution < 1.29 is 19.1 Å². The number of nitrogens with zero attached hydrogens (tertiary/aromatic N) is 1. The van der Waals surface area contributed by atoms with E-state index < -0.39 is 18.0 Å². The van der Waals surface area contributed by atoms with Gasteiger partial charge in [0.1, 0.15) is 0 Å². The molecule has 1 N–H and O–H groups in total. The summed E-state index contributed by atoms with van der Waals surface area (Å²) < 4.78 is 5.51. The van der Waals surface area contributed by atoms with Crippen LogP contribution in [0, 0.1) is 11.3 Å². The highest BCUT2D eigenvalue weighted by molar-refractivity contribution is 6.00. The Bertz CT molecular complexity index is 1130. The lowest BCUT2D eigenvalue weighted by molar-refractivity contribution is -0.125. The van der Waals surface area contributed by atoms with Crippen LogP contribution in [0.4, 0.5) is 5.69 Å². The minimum Gasteiger partial charge on any atom is -0.444 e. The zero-order chi connectivity index (χ0) is 21.5. The van der Waals surface area contributed by atoms with Gasteiger partial charge in [0.15, 0.2) is 5.78 Å². The number of anilines is 1. The number of amides is 1. The van der Waals surface area contributed by atoms with Gasteiger partial charge in [-0.3, -0.25) is 9.59 Å². The lowest BCUT2D eigenvalue weighted by Crippen LogP contribution is -2.26. The number of carbonyl (C=O) groups is 3. The predicted molar refractivity (Wildman–Crippen MR) is 111 cm³/mol. The molecule has 1 atom stereocenters. The molecule has 0 aliphatic rings. The zero-order valence-corrected chi connectivity index (χ0v) is 16.2. The van der Waals surface area contributed by atoms with Crippen LogP contribution in [0.1, 0.15) is 44.9 Å². The second kappa shape index (κ2) is 9.30. The van der Waals surface area contributed by atoms with Crippen LogP contribution in [0.2, 0.25) is 0 Å². The number of esters is 1. The average Bonchev–Trinajstić information content (AvgIpc) is 2.78. The molecular formula is C24H18N2O4. The SMILES string of the molecule is CC(=O)c1cccc(NC(=O)[C@@H](OC(=O)c2cccc(C#N)c2)c2ccccc2)c1. The number of nitrogens with one attached hydrogen (secondary N) is 1. The molecule has 6 heteroatoms. The van der Waals surface area contributed by atoms with Crippen LogP contribution in [0.15, 0.2) is 78.9 Å². The number of ether oxygens (including phenoxy) is 1. The van der Waals surface area contributed by atoms with Crippen molar-refractivity contribution in [1.29, 1.82) is 5.26 Å². The molecular weight excluding hydrogens is 380 g/mol. The number of rotatable bonds is 6. The summed E-state index contributed by atoms with van der Waals surface area (Å²) in [5.74, 6) is -1.42. The summed E-state index contributed by atoms with van der Waals surface area (Å²) in [6, 6.07) is 23.1. The molecule has 0 fully saturated rings. The van der Waals surface area contributed by atoms with Crippen LogP contribution in [0.25, 0.3) is 0 Å². The third-order valence-electron chi connectivity index (χ3n) is 4.33. The molecule has 0 radical (unpaired) electrons. The number of carbonyl (C=O) groups excluding carboxylic acids is 3. The first-order valence-corrected chi connectivity index (χ1v) is 9.16. The summed E-state index contributed by atoms with van der Waals surface area (Å²) in [7, 11) is 0. The van der Waals surface area contributed by atoms with Gasteiger partial charge in [-0.25, -0.2) is 4.79 Å². The first-order chi connectivity index (χ1) is 14.5. The molecule has 3 aromatic rings. The molecule has 0 bridgehead atoms. The van der Waals surface area contributed by atoms with E-state index in [-0.39, 0.29) is 11.3 Å². The smallest absolute Gasteiger partial charge is 0.339 e. The molecule has 148 valence electrons. The maximum atomic E-state index is 13.0. The molecule has 6 nitrogen and oxygen atoms in total. The summed E-state index contributed by atoms with van der Waals surface area (Å²) in [4.78, 5) is 37.2. The fraction of sp³-hybridized carbons (Fsp3) is 0.0833. The zero-order valence-electron chi connectivity index (χ0n) is 16.2. The van der Waals surface area contributed by atoms with E-state index in [1.807, 2.05) is 6.07 Å². The van der Waals surface area contributed by atoms with E-state index in [4.69, 9.17) is 10.00 Å². The summed E-state index contributed by atoms with van der Waals surface area (Å²) in [6.07, 6.45) is -1.22. The Hall–Kier alpha value is -4.24. The van der Waals surface area contributed by atoms with Crippen LogP contribution in [0.3, 0.4) is 0 Å². The summed E-state index contributed by atoms with van der Waals surface area (Å²) in [5, 5.41) is 11.7. The highest BCUT2D eigenvalue weighted by Crippen LogP contribution is 2.22. The Morgan fingerprint density at radius 1 is 0.900 bits per heavy atom. The molecule has 3 rings (SSSR count). The Morgan fingerprint density at radius 2 is 1.60 bits per heavy atom. The van der Waals surface area contributed by atoms with Crippen LogP contribution in [-0.2, 0) is 9.53 Å². The highest BCUT2D eigenvalue weighted by Gasteiger charge is 2.26. The first-order valence-electron chi connectivity index (χ1n) is 9.16. The van der Waals surface area contributed by atoms with Crippen LogP contribution in [0.5, 0.6) is 0 Å². The second-order valence-corrected chi connectivity index (χ2v) is 6.51. The van der Waals surface area contributed by atoms with Crippen LogP contribution >= 0.6 is 0 Å². The Balaban J connectivity index is 1.86. The van der Waals surface area contributed by atoms with Gasteiger partial charge in [-0.2, -0.15) is 5.26 Å². The maximum Gasteiger partial charge on any atom is 0.339 e. The minimum absolute atomic E-state index is 0.130. The largest absolute Gasteiger partial charge is 0.444 e. The second-order valence-electron chi connectivity index (χ2n) is 6.51. The topological polar surface area (TPSA) is 96.3 Å². The normalized spacial score (nSPS) is 11.1. The summed E-state index contributed by atoms with van der Waals surface area (Å²) in [6.45, 7) is 1.44. The fourth-order valence-corrected chi connectivity index (χ4v) is 2.82. The van der Waals surface area contributed by atoms with Crippen molar-refractivity contribution in [2.45, 2.75) is 13.0 Å². The van der Waals surface area contributed by atoms with Gasteiger partial charge in [-0.05, 0) is 37.3 Å². The molecule has 0 aliphatic carbocycles. The van der Waals surface area contributed by atoms with Crippen molar-refractivity contribution >= 4 is 23.3 Å². The Labute approximate surface area is 173 Å². The third kappa shape index (κ3) is 4.97. The van der Waals surface area contributed by atoms with Gasteiger partial charge in [0.2, 0.25) is 6.10 Å². The van der Waals surface area contributed by atoms with Crippen molar-refractivity contribution in [1.82, 2.24) is 0 Å². The van der Waals surface area contributed by atoms with E-state index in [0.29, 0.717) is 22.4 Å². The predicted octanol–water partition coefficient (Wildman–Crippen LogP) is 4.30. The molecule has 0 saturated heterocycles. The lowest BCUT2D eigenvalue weighted by atomic mass is 10.1. The highest BCUT2D eigenvalue weighted by atomic mass is 16.5. The van der Waals surface area contributed by atoms with Crippen molar-refractivity contribution in [2.75, 3.05) is 5.32 Å². The summed E-state index contributed by atoms with van der Waals surface area (Å²) in [5.41, 5.74) is 1.83. The number of nitriles is 1. The van der Waals surface area contributed by atoms with Crippen molar-refractivity contribution in [3.63, 3.8) is 0 Å². The molecule has 30 heavy (non-hydrogen) atoms. The van der Waals surface area contributed by atoms with Gasteiger partial charge >= 0.3 is 5.97 Å². The Morgan fingerprint density at radius 3 is 2.30 bits per heavy atom. The lowest BCUT2D eigenvalue weighted by Gasteiger charge is -2.18. The number of Topliss-reactive ketones (excluding diaryl/α,β-unsaturated/α-hetero) is 1. The number of ketones is 1. The number of hydrogen-bond donors (Lipinski definition) is 1. The number of hydrogen-bond acceptors (Lipinski definition) is 5. The molecule has 0 aromatic heterocycles. The van der Waals surface area contributed by atoms with E-state index in [1.54, 1.807) is 66.7 Å². The summed E-state index contributed by atoms with van der Waals surface area (Å²) >= 11 is 0. The van der Waals surface area contributed by atoms with Crippen molar-refractivity contribution in [2.24, 2.45) is 0 Å². The van der Waals surface area contributed by atoms with Crippen molar-refractivity contribution in [3.8, 4) is 6.07 Å². The molecule has 1 amide bonds. The fourth-order valence-electron chi connectivity index (χ4n) is 2.82. The van der Waals surface area contributed by atoms with Gasteiger partial charge in [-0.1, -0.05) is 48.5 Å². The average molecular weight is 398 g/mol. The van der Waals surface area contributed by atoms with E-state index in [9.17, 15) is 14.4 Å². The first kappa shape index (κ1) is 20.5. The van der Waals surface area contributed by atoms with E-state index in [1.165, 1.54) is 19.1 Å². The molecule has 0 aliphatic heterocycles. The molecule has 3 aromatic carbocycles. The standard InChI is InChI=1S/C24H18N2O4/c1-16(27)19-10-6-12-21(14-19)26-23(28)22(18-8-3-2-4-9-18)30-24(29)20-11-5-7-17(13-20)15-25/h2-14,22H,1H3,(H,26,28)/t22-/m0/s1. The van der Waals surface area contributed by atoms with Crippen LogP contribution < -0.4 is 5.32 Å². The molecule has 0 saturated carbocycles. The van der Waals surface area contributed by atoms with Crippen molar-refractivity contribution in [3.05, 3.63) is 101 Å². The van der Waals surface area contributed by atoms with Gasteiger partial charge in [0.25, 0.3) is 5.91 Å². The molecule has 0 heterocycles. The van der Waals surface area contributed by atoms with Crippen LogP contribution in [-0.4, -0.2) is 17.7 Å². The van der Waals surface area contributed by atoms with E-state index >= 15 is 0 Å². The molecule has 0 unspecified atom stereocenters. The van der Waals surface area contributed by atoms with Gasteiger partial charge in [-0.15, -0.1) is 0 Å². The van der Waals surface area contributed by atoms with Gasteiger partial charge < -0.3 is 10.1 Å². The van der Waals surface area contributed by atoms with Gasteiger partial charge in [0, 0.05) is 16.8 Å². The molecule has 0 spiro atoms. The minimum atomic E-state index is -1.22. The maximum absolute atomic E-state index is 13.0. The van der Waals surface area contributed by atoms with Gasteiger partial charge in [0.05, 0.1) is 17.2 Å². The third-order valence-corrected chi connectivity index (χ3v) is 4.33. The Kier molecular flexibility index (Phi) is 6.36. The van der Waals surface area contributed by atoms with E-state index in [0.717, 1.165) is 0 Å².